The van der Waals surface area contributed by atoms with Crippen molar-refractivity contribution in [3.8, 4) is 0 Å². The lowest BCUT2D eigenvalue weighted by Gasteiger charge is -2.35. The summed E-state index contributed by atoms with van der Waals surface area (Å²) >= 11 is 0. The molecule has 1 unspecified atom stereocenters. The van der Waals surface area contributed by atoms with Crippen molar-refractivity contribution in [3.63, 3.8) is 0 Å². The van der Waals surface area contributed by atoms with Gasteiger partial charge in [0, 0.05) is 30.9 Å². The summed E-state index contributed by atoms with van der Waals surface area (Å²) in [5, 5.41) is 9.79. The number of anilines is 1. The third-order valence-electron chi connectivity index (χ3n) is 3.57. The predicted molar refractivity (Wildman–Crippen MR) is 73.9 cm³/mol. The van der Waals surface area contributed by atoms with Crippen LogP contribution in [0, 0.1) is 5.82 Å². The maximum absolute atomic E-state index is 13.9. The quantitative estimate of drug-likeness (QED) is 0.910. The minimum atomic E-state index is -0.802. The molecule has 1 aliphatic rings. The first-order valence-corrected chi connectivity index (χ1v) is 6.96. The number of nitrogens with zero attached hydrogens (tertiary/aromatic N) is 1. The lowest BCUT2D eigenvalue weighted by atomic mass is 10.0. The predicted octanol–water partition coefficient (Wildman–Crippen LogP) is 2.88. The fourth-order valence-corrected chi connectivity index (χ4v) is 2.74. The van der Waals surface area contributed by atoms with Gasteiger partial charge in [0.1, 0.15) is 5.82 Å². The first kappa shape index (κ1) is 14.3. The highest BCUT2D eigenvalue weighted by atomic mass is 19.1. The van der Waals surface area contributed by atoms with Crippen molar-refractivity contribution in [2.45, 2.75) is 38.9 Å². The van der Waals surface area contributed by atoms with E-state index in [0.717, 1.165) is 31.6 Å². The summed E-state index contributed by atoms with van der Waals surface area (Å²) in [4.78, 5) is 2.12. The van der Waals surface area contributed by atoms with Gasteiger partial charge in [0.2, 0.25) is 0 Å². The standard InChI is InChI=1S/C15H22FNO2/c1-3-19-12-6-5-9-17(10-12)14-8-4-7-13(16)15(14)11(2)18/h4,7-8,11-12,18H,3,5-6,9-10H2,1-2H3/t11-,12?/m0/s1. The van der Waals surface area contributed by atoms with Gasteiger partial charge in [-0.05, 0) is 38.8 Å². The molecule has 0 bridgehead atoms. The molecule has 0 aliphatic carbocycles. The molecule has 1 N–H and O–H groups in total. The molecule has 0 aromatic heterocycles. The van der Waals surface area contributed by atoms with Crippen molar-refractivity contribution in [1.29, 1.82) is 0 Å². The molecule has 1 aliphatic heterocycles. The smallest absolute Gasteiger partial charge is 0.131 e. The molecular weight excluding hydrogens is 245 g/mol. The second-order valence-corrected chi connectivity index (χ2v) is 5.01. The number of ether oxygens (including phenoxy) is 1. The van der Waals surface area contributed by atoms with Gasteiger partial charge in [0.15, 0.2) is 0 Å². The molecule has 0 saturated carbocycles. The number of rotatable bonds is 4. The average Bonchev–Trinajstić information content (AvgIpc) is 2.38. The molecule has 1 saturated heterocycles. The van der Waals surface area contributed by atoms with Crippen LogP contribution in [0.25, 0.3) is 0 Å². The molecule has 0 amide bonds. The maximum atomic E-state index is 13.9. The van der Waals surface area contributed by atoms with E-state index in [9.17, 15) is 9.50 Å². The van der Waals surface area contributed by atoms with Crippen LogP contribution in [0.5, 0.6) is 0 Å². The van der Waals surface area contributed by atoms with Crippen LogP contribution in [0.15, 0.2) is 18.2 Å². The number of hydrogen-bond acceptors (Lipinski definition) is 3. The zero-order chi connectivity index (χ0) is 13.8. The Bertz CT molecular complexity index is 421. The Morgan fingerprint density at radius 2 is 2.32 bits per heavy atom. The lowest BCUT2D eigenvalue weighted by Crippen LogP contribution is -2.40. The summed E-state index contributed by atoms with van der Waals surface area (Å²) < 4.78 is 19.6. The number of aliphatic hydroxyl groups excluding tert-OH is 1. The number of benzene rings is 1. The number of halogens is 1. The Kier molecular flexibility index (Phi) is 4.77. The zero-order valence-corrected chi connectivity index (χ0v) is 11.6. The Hall–Kier alpha value is -1.13. The second kappa shape index (κ2) is 6.35. The number of hydrogen-bond donors (Lipinski definition) is 1. The van der Waals surface area contributed by atoms with Crippen LogP contribution >= 0.6 is 0 Å². The highest BCUT2D eigenvalue weighted by molar-refractivity contribution is 5.55. The Balaban J connectivity index is 2.23. The summed E-state index contributed by atoms with van der Waals surface area (Å²) in [6.07, 6.45) is 1.47. The van der Waals surface area contributed by atoms with Crippen LogP contribution in [-0.4, -0.2) is 30.9 Å². The van der Waals surface area contributed by atoms with Crippen LogP contribution in [-0.2, 0) is 4.74 Å². The maximum Gasteiger partial charge on any atom is 0.131 e. The van der Waals surface area contributed by atoms with Gasteiger partial charge in [0.05, 0.1) is 12.2 Å². The second-order valence-electron chi connectivity index (χ2n) is 5.01. The van der Waals surface area contributed by atoms with Gasteiger partial charge >= 0.3 is 0 Å². The summed E-state index contributed by atoms with van der Waals surface area (Å²) in [5.74, 6) is -0.342. The van der Waals surface area contributed by atoms with Gasteiger partial charge in [0.25, 0.3) is 0 Å². The molecule has 1 aromatic rings. The molecular formula is C15H22FNO2. The molecule has 0 radical (unpaired) electrons. The highest BCUT2D eigenvalue weighted by Crippen LogP contribution is 2.31. The molecule has 19 heavy (non-hydrogen) atoms. The van der Waals surface area contributed by atoms with E-state index in [0.29, 0.717) is 12.2 Å². The van der Waals surface area contributed by atoms with Crippen LogP contribution < -0.4 is 4.90 Å². The van der Waals surface area contributed by atoms with Crippen molar-refractivity contribution in [2.75, 3.05) is 24.6 Å². The first-order chi connectivity index (χ1) is 9.13. The third-order valence-corrected chi connectivity index (χ3v) is 3.57. The summed E-state index contributed by atoms with van der Waals surface area (Å²) in [6.45, 7) is 5.93. The summed E-state index contributed by atoms with van der Waals surface area (Å²) in [6, 6.07) is 4.97. The summed E-state index contributed by atoms with van der Waals surface area (Å²) in [5.41, 5.74) is 1.18. The van der Waals surface area contributed by atoms with E-state index in [4.69, 9.17) is 4.74 Å². The van der Waals surface area contributed by atoms with E-state index >= 15 is 0 Å². The number of aliphatic hydroxyl groups is 1. The van der Waals surface area contributed by atoms with Crippen molar-refractivity contribution in [2.24, 2.45) is 0 Å². The van der Waals surface area contributed by atoms with E-state index in [-0.39, 0.29) is 11.9 Å². The van der Waals surface area contributed by atoms with Gasteiger partial charge in [-0.3, -0.25) is 0 Å². The monoisotopic (exact) mass is 267 g/mol. The topological polar surface area (TPSA) is 32.7 Å². The van der Waals surface area contributed by atoms with E-state index in [2.05, 4.69) is 4.90 Å². The van der Waals surface area contributed by atoms with Crippen LogP contribution in [0.4, 0.5) is 10.1 Å². The molecule has 1 fully saturated rings. The average molecular weight is 267 g/mol. The van der Waals surface area contributed by atoms with Gasteiger partial charge in [-0.2, -0.15) is 0 Å². The fourth-order valence-electron chi connectivity index (χ4n) is 2.74. The SMILES string of the molecule is CCOC1CCCN(c2cccc(F)c2[C@H](C)O)C1. The third kappa shape index (κ3) is 3.25. The molecule has 106 valence electrons. The zero-order valence-electron chi connectivity index (χ0n) is 11.6. The molecule has 2 atom stereocenters. The van der Waals surface area contributed by atoms with Crippen LogP contribution in [0.1, 0.15) is 38.4 Å². The Labute approximate surface area is 114 Å². The highest BCUT2D eigenvalue weighted by Gasteiger charge is 2.24. The molecule has 0 spiro atoms. The molecule has 2 rings (SSSR count). The van der Waals surface area contributed by atoms with Crippen molar-refractivity contribution >= 4 is 5.69 Å². The van der Waals surface area contributed by atoms with Gasteiger partial charge in [-0.25, -0.2) is 4.39 Å². The van der Waals surface area contributed by atoms with E-state index in [1.807, 2.05) is 13.0 Å². The molecule has 3 nitrogen and oxygen atoms in total. The minimum Gasteiger partial charge on any atom is -0.389 e. The van der Waals surface area contributed by atoms with Crippen molar-refractivity contribution in [1.82, 2.24) is 0 Å². The van der Waals surface area contributed by atoms with Gasteiger partial charge in [-0.15, -0.1) is 0 Å². The fraction of sp³-hybridized carbons (Fsp3) is 0.600. The lowest BCUT2D eigenvalue weighted by molar-refractivity contribution is 0.0525. The molecule has 4 heteroatoms. The Morgan fingerprint density at radius 1 is 1.53 bits per heavy atom. The van der Waals surface area contributed by atoms with Gasteiger partial charge in [-0.1, -0.05) is 6.07 Å². The molecule has 1 heterocycles. The largest absolute Gasteiger partial charge is 0.389 e. The minimum absolute atomic E-state index is 0.198. The first-order valence-electron chi connectivity index (χ1n) is 6.96. The van der Waals surface area contributed by atoms with Gasteiger partial charge < -0.3 is 14.7 Å². The number of piperidine rings is 1. The summed E-state index contributed by atoms with van der Waals surface area (Å²) in [7, 11) is 0. The molecule has 1 aromatic carbocycles. The van der Waals surface area contributed by atoms with Crippen molar-refractivity contribution in [3.05, 3.63) is 29.6 Å². The van der Waals surface area contributed by atoms with Crippen LogP contribution in [0.3, 0.4) is 0 Å². The Morgan fingerprint density at radius 3 is 3.00 bits per heavy atom. The normalized spacial score (nSPS) is 21.5. The van der Waals surface area contributed by atoms with Crippen LogP contribution in [0.2, 0.25) is 0 Å². The van der Waals surface area contributed by atoms with E-state index in [1.54, 1.807) is 13.0 Å². The van der Waals surface area contributed by atoms with E-state index in [1.165, 1.54) is 6.07 Å². The van der Waals surface area contributed by atoms with E-state index < -0.39 is 6.10 Å². The van der Waals surface area contributed by atoms with Crippen molar-refractivity contribution < 1.29 is 14.2 Å².